The van der Waals surface area contributed by atoms with E-state index >= 15 is 0 Å². The average molecular weight is 307 g/mol. The first-order chi connectivity index (χ1) is 8.21. The lowest BCUT2D eigenvalue weighted by Crippen LogP contribution is -2.31. The maximum atomic E-state index is 11.7. The van der Waals surface area contributed by atoms with E-state index in [2.05, 4.69) is 5.32 Å². The molecule has 3 N–H and O–H groups in total. The van der Waals surface area contributed by atoms with E-state index in [0.717, 1.165) is 11.8 Å². The van der Waals surface area contributed by atoms with Crippen molar-refractivity contribution in [2.75, 3.05) is 11.6 Å². The largest absolute Gasteiger partial charge is 0.325 e. The van der Waals surface area contributed by atoms with Gasteiger partial charge in [0.15, 0.2) is 9.84 Å². The number of nitrogens with two attached hydrogens (primary N) is 1. The maximum absolute atomic E-state index is 11.7. The number of sulfone groups is 1. The highest BCUT2D eigenvalue weighted by atomic mass is 35.5. The van der Waals surface area contributed by atoms with Crippen molar-refractivity contribution < 1.29 is 13.2 Å². The molecule has 0 heterocycles. The molecule has 0 fully saturated rings. The summed E-state index contributed by atoms with van der Waals surface area (Å²) in [5.74, 6) is -0.536. The second-order valence-corrected chi connectivity index (χ2v) is 6.74. The van der Waals surface area contributed by atoms with Gasteiger partial charge in [0.05, 0.1) is 0 Å². The Morgan fingerprint density at radius 1 is 1.21 bits per heavy atom. The van der Waals surface area contributed by atoms with Crippen molar-refractivity contribution >= 4 is 33.8 Å². The Labute approximate surface area is 119 Å². The van der Waals surface area contributed by atoms with Crippen LogP contribution in [0.2, 0.25) is 0 Å². The third-order valence-electron chi connectivity index (χ3n) is 2.72. The summed E-state index contributed by atoms with van der Waals surface area (Å²) >= 11 is 0. The summed E-state index contributed by atoms with van der Waals surface area (Å²) in [5.41, 5.74) is 7.21. The molecule has 19 heavy (non-hydrogen) atoms. The van der Waals surface area contributed by atoms with Gasteiger partial charge in [-0.25, -0.2) is 8.42 Å². The lowest BCUT2D eigenvalue weighted by atomic mass is 10.1. The van der Waals surface area contributed by atoms with Gasteiger partial charge in [0.2, 0.25) is 5.91 Å². The molecular weight excluding hydrogens is 288 g/mol. The van der Waals surface area contributed by atoms with Gasteiger partial charge >= 0.3 is 0 Å². The first kappa shape index (κ1) is 17.9. The topological polar surface area (TPSA) is 89.3 Å². The first-order valence-corrected chi connectivity index (χ1v) is 7.52. The summed E-state index contributed by atoms with van der Waals surface area (Å²) in [6, 6.07) is 6.92. The number of amides is 1. The number of anilines is 1. The zero-order valence-electron chi connectivity index (χ0n) is 11.1. The molecule has 0 bridgehead atoms. The van der Waals surface area contributed by atoms with Crippen LogP contribution in [0.25, 0.3) is 0 Å². The molecule has 0 radical (unpaired) electrons. The van der Waals surface area contributed by atoms with Gasteiger partial charge in [-0.3, -0.25) is 4.79 Å². The minimum atomic E-state index is -3.38. The first-order valence-electron chi connectivity index (χ1n) is 5.57. The molecule has 0 aromatic heterocycles. The number of hydrogen-bond donors (Lipinski definition) is 2. The molecule has 5 nitrogen and oxygen atoms in total. The predicted octanol–water partition coefficient (Wildman–Crippen LogP) is 1.50. The summed E-state index contributed by atoms with van der Waals surface area (Å²) in [7, 11) is -3.38. The number of carbonyl (C=O) groups is 1. The van der Waals surface area contributed by atoms with E-state index in [9.17, 15) is 13.2 Å². The van der Waals surface area contributed by atoms with Crippen LogP contribution in [0.15, 0.2) is 24.3 Å². The summed E-state index contributed by atoms with van der Waals surface area (Å²) in [6.45, 7) is 3.22. The van der Waals surface area contributed by atoms with E-state index in [1.54, 1.807) is 24.3 Å². The van der Waals surface area contributed by atoms with Crippen LogP contribution in [0.3, 0.4) is 0 Å². The summed E-state index contributed by atoms with van der Waals surface area (Å²) in [4.78, 5) is 11.7. The van der Waals surface area contributed by atoms with Crippen LogP contribution in [-0.4, -0.2) is 25.8 Å². The molecule has 1 aromatic carbocycles. The molecule has 1 rings (SSSR count). The van der Waals surface area contributed by atoms with Crippen molar-refractivity contribution in [1.82, 2.24) is 0 Å². The Morgan fingerprint density at radius 2 is 1.68 bits per heavy atom. The molecule has 2 atom stereocenters. The SMILES string of the molecule is CC(N)c1ccc(NC(=O)C(C)S(C)(=O)=O)cc1.Cl. The summed E-state index contributed by atoms with van der Waals surface area (Å²) < 4.78 is 22.5. The van der Waals surface area contributed by atoms with Crippen LogP contribution in [0.1, 0.15) is 25.5 Å². The highest BCUT2D eigenvalue weighted by Crippen LogP contribution is 2.14. The average Bonchev–Trinajstić information content (AvgIpc) is 2.27. The molecular formula is C12H19ClN2O3S. The zero-order chi connectivity index (χ0) is 13.9. The van der Waals surface area contributed by atoms with E-state index in [4.69, 9.17) is 5.73 Å². The highest BCUT2D eigenvalue weighted by Gasteiger charge is 2.23. The summed E-state index contributed by atoms with van der Waals surface area (Å²) in [5, 5.41) is 1.49. The van der Waals surface area contributed by atoms with Crippen LogP contribution in [0.5, 0.6) is 0 Å². The van der Waals surface area contributed by atoms with Crippen LogP contribution < -0.4 is 11.1 Å². The Morgan fingerprint density at radius 3 is 2.05 bits per heavy atom. The van der Waals surface area contributed by atoms with Crippen LogP contribution in [0, 0.1) is 0 Å². The highest BCUT2D eigenvalue weighted by molar-refractivity contribution is 7.92. The minimum absolute atomic E-state index is 0. The molecule has 1 amide bonds. The van der Waals surface area contributed by atoms with Gasteiger partial charge in [0.25, 0.3) is 0 Å². The quantitative estimate of drug-likeness (QED) is 0.882. The molecule has 0 aliphatic heterocycles. The zero-order valence-corrected chi connectivity index (χ0v) is 12.7. The third kappa shape index (κ3) is 5.18. The van der Waals surface area contributed by atoms with Gasteiger partial charge in [-0.2, -0.15) is 0 Å². The lowest BCUT2D eigenvalue weighted by Gasteiger charge is -2.11. The number of benzene rings is 1. The predicted molar refractivity (Wildman–Crippen MR) is 79.2 cm³/mol. The van der Waals surface area contributed by atoms with Gasteiger partial charge in [-0.15, -0.1) is 12.4 Å². The Balaban J connectivity index is 0.00000324. The van der Waals surface area contributed by atoms with E-state index in [1.807, 2.05) is 6.92 Å². The Kier molecular flexibility index (Phi) is 6.48. The van der Waals surface area contributed by atoms with Gasteiger partial charge in [0.1, 0.15) is 5.25 Å². The van der Waals surface area contributed by atoms with Crippen LogP contribution in [0.4, 0.5) is 5.69 Å². The van der Waals surface area contributed by atoms with Crippen molar-refractivity contribution in [2.24, 2.45) is 5.73 Å². The van der Waals surface area contributed by atoms with E-state index in [0.29, 0.717) is 5.69 Å². The van der Waals surface area contributed by atoms with Crippen molar-refractivity contribution in [3.8, 4) is 0 Å². The number of halogens is 1. The normalized spacial score (nSPS) is 14.1. The lowest BCUT2D eigenvalue weighted by molar-refractivity contribution is -0.115. The van der Waals surface area contributed by atoms with Crippen molar-refractivity contribution in [1.29, 1.82) is 0 Å². The fourth-order valence-corrected chi connectivity index (χ4v) is 1.76. The second kappa shape index (κ2) is 6.88. The number of nitrogens with one attached hydrogen (secondary N) is 1. The maximum Gasteiger partial charge on any atom is 0.242 e. The number of carbonyl (C=O) groups excluding carboxylic acids is 1. The molecule has 2 unspecified atom stereocenters. The number of rotatable bonds is 4. The fourth-order valence-electron chi connectivity index (χ4n) is 1.31. The van der Waals surface area contributed by atoms with E-state index < -0.39 is 21.0 Å². The molecule has 7 heteroatoms. The molecule has 0 aliphatic carbocycles. The van der Waals surface area contributed by atoms with Crippen LogP contribution >= 0.6 is 12.4 Å². The second-order valence-electron chi connectivity index (χ2n) is 4.37. The van der Waals surface area contributed by atoms with Crippen molar-refractivity contribution in [3.63, 3.8) is 0 Å². The van der Waals surface area contributed by atoms with Crippen LogP contribution in [-0.2, 0) is 14.6 Å². The fraction of sp³-hybridized carbons (Fsp3) is 0.417. The van der Waals surface area contributed by atoms with Gasteiger partial charge in [0, 0.05) is 18.0 Å². The smallest absolute Gasteiger partial charge is 0.242 e. The molecule has 0 saturated carbocycles. The third-order valence-corrected chi connectivity index (χ3v) is 4.21. The van der Waals surface area contributed by atoms with E-state index in [-0.39, 0.29) is 18.4 Å². The molecule has 0 saturated heterocycles. The van der Waals surface area contributed by atoms with Crippen molar-refractivity contribution in [2.45, 2.75) is 25.1 Å². The van der Waals surface area contributed by atoms with E-state index in [1.165, 1.54) is 6.92 Å². The van der Waals surface area contributed by atoms with Gasteiger partial charge in [-0.1, -0.05) is 12.1 Å². The monoisotopic (exact) mass is 306 g/mol. The number of hydrogen-bond acceptors (Lipinski definition) is 4. The molecule has 1 aromatic rings. The molecule has 0 aliphatic rings. The molecule has 108 valence electrons. The molecule has 0 spiro atoms. The van der Waals surface area contributed by atoms with Gasteiger partial charge < -0.3 is 11.1 Å². The minimum Gasteiger partial charge on any atom is -0.325 e. The standard InChI is InChI=1S/C12H18N2O3S.ClH/c1-8(13)10-4-6-11(7-5-10)14-12(15)9(2)18(3,16)17;/h4-9H,13H2,1-3H3,(H,14,15);1H. The Hall–Kier alpha value is -1.11. The van der Waals surface area contributed by atoms with Gasteiger partial charge in [-0.05, 0) is 31.5 Å². The van der Waals surface area contributed by atoms with Crippen molar-refractivity contribution in [3.05, 3.63) is 29.8 Å². The Bertz CT molecular complexity index is 526. The summed E-state index contributed by atoms with van der Waals surface area (Å²) in [6.07, 6.45) is 1.04.